The number of fused-ring (bicyclic) bond motifs is 1. The van der Waals surface area contributed by atoms with Crippen LogP contribution in [0.4, 0.5) is 0 Å². The molecule has 0 N–H and O–H groups in total. The molecule has 0 heterocycles. The first-order valence-corrected chi connectivity index (χ1v) is 11.7. The lowest BCUT2D eigenvalue weighted by Gasteiger charge is -2.17. The molecule has 0 saturated carbocycles. The zero-order chi connectivity index (χ0) is 25.1. The average Bonchev–Trinajstić information content (AvgIpc) is 2.85. The number of hydrogen-bond donors (Lipinski definition) is 0. The van der Waals surface area contributed by atoms with Gasteiger partial charge in [-0.2, -0.15) is 0 Å². The van der Waals surface area contributed by atoms with E-state index in [4.69, 9.17) is 18.9 Å². The highest BCUT2D eigenvalue weighted by atomic mass is 16.5. The Labute approximate surface area is 199 Å². The number of benzene rings is 2. The van der Waals surface area contributed by atoms with Gasteiger partial charge in [0.1, 0.15) is 0 Å². The quantitative estimate of drug-likeness (QED) is 0.310. The monoisotopic (exact) mass is 472 g/mol. The second-order valence-corrected chi connectivity index (χ2v) is 7.62. The highest BCUT2D eigenvalue weighted by Gasteiger charge is 2.27. The van der Waals surface area contributed by atoms with Gasteiger partial charge in [-0.3, -0.25) is 0 Å². The minimum Gasteiger partial charge on any atom is -0.462 e. The lowest BCUT2D eigenvalue weighted by Crippen LogP contribution is -2.16. The van der Waals surface area contributed by atoms with Crippen molar-refractivity contribution in [3.63, 3.8) is 0 Å². The maximum atomic E-state index is 12.9. The zero-order valence-corrected chi connectivity index (χ0v) is 20.2. The summed E-state index contributed by atoms with van der Waals surface area (Å²) in [6.45, 7) is 8.12. The highest BCUT2D eigenvalue weighted by molar-refractivity contribution is 6.22. The molecule has 8 nitrogen and oxygen atoms in total. The molecule has 0 atom stereocenters. The first-order valence-electron chi connectivity index (χ1n) is 11.7. The number of ether oxygens (including phenoxy) is 4. The van der Waals surface area contributed by atoms with Crippen LogP contribution in [0, 0.1) is 0 Å². The molecule has 0 spiro atoms. The summed E-state index contributed by atoms with van der Waals surface area (Å²) >= 11 is 0. The van der Waals surface area contributed by atoms with Crippen molar-refractivity contribution in [1.29, 1.82) is 0 Å². The minimum absolute atomic E-state index is 0.0454. The third-order valence-electron chi connectivity index (χ3n) is 4.79. The molecule has 2 aromatic carbocycles. The van der Waals surface area contributed by atoms with Crippen LogP contribution in [-0.2, 0) is 18.9 Å². The fourth-order valence-electron chi connectivity index (χ4n) is 3.27. The van der Waals surface area contributed by atoms with Gasteiger partial charge in [0.25, 0.3) is 0 Å². The van der Waals surface area contributed by atoms with E-state index in [1.165, 1.54) is 24.3 Å². The lowest BCUT2D eigenvalue weighted by atomic mass is 9.91. The molecule has 0 aliphatic rings. The summed E-state index contributed by atoms with van der Waals surface area (Å²) in [5.41, 5.74) is 0.182. The molecule has 0 aromatic heterocycles. The predicted octanol–water partition coefficient (Wildman–Crippen LogP) is 5.11. The van der Waals surface area contributed by atoms with E-state index in [0.29, 0.717) is 25.7 Å². The lowest BCUT2D eigenvalue weighted by molar-refractivity contribution is 0.0484. The molecule has 184 valence electrons. The van der Waals surface area contributed by atoms with E-state index in [9.17, 15) is 19.2 Å². The fourth-order valence-corrected chi connectivity index (χ4v) is 3.27. The van der Waals surface area contributed by atoms with Crippen LogP contribution in [0.3, 0.4) is 0 Å². The number of hydrogen-bond acceptors (Lipinski definition) is 8. The van der Waals surface area contributed by atoms with E-state index in [2.05, 4.69) is 0 Å². The smallest absolute Gasteiger partial charge is 0.338 e. The van der Waals surface area contributed by atoms with Crippen LogP contribution in [0.15, 0.2) is 24.3 Å². The third-order valence-corrected chi connectivity index (χ3v) is 4.79. The maximum absolute atomic E-state index is 12.9. The molecular formula is C26H32O8. The second kappa shape index (κ2) is 13.3. The molecule has 0 fully saturated rings. The molecule has 0 amide bonds. The molecular weight excluding hydrogens is 440 g/mol. The Balaban J connectivity index is 2.87. The Kier molecular flexibility index (Phi) is 10.5. The van der Waals surface area contributed by atoms with Crippen molar-refractivity contribution in [1.82, 2.24) is 0 Å². The summed E-state index contributed by atoms with van der Waals surface area (Å²) in [6.07, 6.45) is 2.41. The average molecular weight is 473 g/mol. The standard InChI is InChI=1S/C26H32O8/c1-5-13-31-23(27)17-9-10-19(25(29)33-15-7-3)22-20(26(30)34-16-8-4)12-11-18(21(17)22)24(28)32-14-6-2/h9-12H,5-8,13-16H2,1-4H3. The Morgan fingerprint density at radius 3 is 0.853 bits per heavy atom. The van der Waals surface area contributed by atoms with Crippen molar-refractivity contribution in [2.24, 2.45) is 0 Å². The molecule has 8 heteroatoms. The summed E-state index contributed by atoms with van der Waals surface area (Å²) < 4.78 is 21.2. The minimum atomic E-state index is -0.677. The van der Waals surface area contributed by atoms with E-state index in [0.717, 1.165) is 0 Å². The van der Waals surface area contributed by atoms with E-state index in [-0.39, 0.29) is 59.5 Å². The third kappa shape index (κ3) is 6.34. The first-order chi connectivity index (χ1) is 16.4. The van der Waals surface area contributed by atoms with Crippen LogP contribution >= 0.6 is 0 Å². The van der Waals surface area contributed by atoms with Gasteiger partial charge in [0.2, 0.25) is 0 Å². The molecule has 0 aliphatic heterocycles. The van der Waals surface area contributed by atoms with E-state index < -0.39 is 23.9 Å². The Hall–Kier alpha value is -3.42. The molecule has 0 saturated heterocycles. The summed E-state index contributed by atoms with van der Waals surface area (Å²) in [6, 6.07) is 5.61. The number of carbonyl (C=O) groups is 4. The summed E-state index contributed by atoms with van der Waals surface area (Å²) in [7, 11) is 0. The van der Waals surface area contributed by atoms with E-state index >= 15 is 0 Å². The molecule has 34 heavy (non-hydrogen) atoms. The van der Waals surface area contributed by atoms with Gasteiger partial charge in [-0.15, -0.1) is 0 Å². The van der Waals surface area contributed by atoms with Crippen LogP contribution < -0.4 is 0 Å². The maximum Gasteiger partial charge on any atom is 0.338 e. The predicted molar refractivity (Wildman–Crippen MR) is 126 cm³/mol. The number of carbonyl (C=O) groups excluding carboxylic acids is 4. The van der Waals surface area contributed by atoms with Crippen LogP contribution in [0.1, 0.15) is 94.8 Å². The SMILES string of the molecule is CCCOC(=O)c1ccc(C(=O)OCCC)c2c(C(=O)OCCC)ccc(C(=O)OCCC)c12. The zero-order valence-electron chi connectivity index (χ0n) is 20.2. The molecule has 0 aliphatic carbocycles. The Morgan fingerprint density at radius 1 is 0.471 bits per heavy atom. The fraction of sp³-hybridized carbons (Fsp3) is 0.462. The summed E-state index contributed by atoms with van der Waals surface area (Å²) in [5, 5.41) is 0.193. The van der Waals surface area contributed by atoms with Gasteiger partial charge >= 0.3 is 23.9 Å². The van der Waals surface area contributed by atoms with Gasteiger partial charge in [-0.05, 0) is 49.9 Å². The van der Waals surface area contributed by atoms with Crippen LogP contribution in [0.5, 0.6) is 0 Å². The van der Waals surface area contributed by atoms with Crippen molar-refractivity contribution >= 4 is 34.6 Å². The van der Waals surface area contributed by atoms with Gasteiger partial charge < -0.3 is 18.9 Å². The topological polar surface area (TPSA) is 105 Å². The van der Waals surface area contributed by atoms with Gasteiger partial charge in [0.05, 0.1) is 48.7 Å². The van der Waals surface area contributed by atoms with Crippen molar-refractivity contribution in [3.05, 3.63) is 46.5 Å². The normalized spacial score (nSPS) is 10.6. The van der Waals surface area contributed by atoms with E-state index in [1.807, 2.05) is 27.7 Å². The van der Waals surface area contributed by atoms with Crippen molar-refractivity contribution in [2.45, 2.75) is 53.4 Å². The number of rotatable bonds is 12. The Bertz CT molecular complexity index is 880. The van der Waals surface area contributed by atoms with Gasteiger partial charge in [0.15, 0.2) is 0 Å². The van der Waals surface area contributed by atoms with Gasteiger partial charge in [-0.1, -0.05) is 27.7 Å². The first kappa shape index (κ1) is 26.8. The van der Waals surface area contributed by atoms with Gasteiger partial charge in [0, 0.05) is 10.8 Å². The summed E-state index contributed by atoms with van der Waals surface area (Å²) in [4.78, 5) is 51.6. The molecule has 0 bridgehead atoms. The van der Waals surface area contributed by atoms with Crippen LogP contribution in [-0.4, -0.2) is 50.3 Å². The molecule has 2 rings (SSSR count). The van der Waals surface area contributed by atoms with Crippen LogP contribution in [0.25, 0.3) is 10.8 Å². The van der Waals surface area contributed by atoms with Crippen LogP contribution in [0.2, 0.25) is 0 Å². The Morgan fingerprint density at radius 2 is 0.676 bits per heavy atom. The molecule has 0 unspecified atom stereocenters. The summed E-state index contributed by atoms with van der Waals surface area (Å²) in [5.74, 6) is -2.71. The van der Waals surface area contributed by atoms with Gasteiger partial charge in [-0.25, -0.2) is 19.2 Å². The molecule has 2 aromatic rings. The second-order valence-electron chi connectivity index (χ2n) is 7.62. The van der Waals surface area contributed by atoms with E-state index in [1.54, 1.807) is 0 Å². The largest absolute Gasteiger partial charge is 0.462 e. The highest BCUT2D eigenvalue weighted by Crippen LogP contribution is 2.32. The van der Waals surface area contributed by atoms with Crippen molar-refractivity contribution in [3.8, 4) is 0 Å². The van der Waals surface area contributed by atoms with Crippen molar-refractivity contribution in [2.75, 3.05) is 26.4 Å². The molecule has 0 radical (unpaired) electrons. The van der Waals surface area contributed by atoms with Crippen molar-refractivity contribution < 1.29 is 38.1 Å². The number of esters is 4.